The summed E-state index contributed by atoms with van der Waals surface area (Å²) in [5.41, 5.74) is 2.51. The van der Waals surface area contributed by atoms with E-state index in [0.29, 0.717) is 19.2 Å². The maximum absolute atomic E-state index is 5.08. The van der Waals surface area contributed by atoms with Gasteiger partial charge in [0.1, 0.15) is 18.7 Å². The Balaban J connectivity index is 2.25. The highest BCUT2D eigenvalue weighted by atomic mass is 16.7. The van der Waals surface area contributed by atoms with Crippen LogP contribution in [0.1, 0.15) is 0 Å². The molecule has 1 aliphatic rings. The van der Waals surface area contributed by atoms with Gasteiger partial charge in [-0.1, -0.05) is 6.58 Å². The molecular formula is C6H11NO3. The zero-order valence-electron chi connectivity index (χ0n) is 5.92. The van der Waals surface area contributed by atoms with Gasteiger partial charge in [-0.2, -0.15) is 5.48 Å². The fourth-order valence-electron chi connectivity index (χ4n) is 0.716. The molecule has 58 valence electrons. The molecule has 4 heteroatoms. The summed E-state index contributed by atoms with van der Waals surface area (Å²) < 4.78 is 10.0. The lowest BCUT2D eigenvalue weighted by molar-refractivity contribution is 0.0216. The summed E-state index contributed by atoms with van der Waals surface area (Å²) in [5.74, 6) is 0.556. The summed E-state index contributed by atoms with van der Waals surface area (Å²) in [7, 11) is 1.67. The fraction of sp³-hybridized carbons (Fsp3) is 0.667. The maximum Gasteiger partial charge on any atom is 0.148 e. The molecule has 10 heavy (non-hydrogen) atoms. The molecule has 0 bridgehead atoms. The average molecular weight is 145 g/mol. The van der Waals surface area contributed by atoms with E-state index in [1.54, 1.807) is 7.05 Å². The molecule has 0 radical (unpaired) electrons. The molecule has 1 N–H and O–H groups in total. The first kappa shape index (κ1) is 7.53. The summed E-state index contributed by atoms with van der Waals surface area (Å²) in [6.45, 7) is 4.50. The van der Waals surface area contributed by atoms with Crippen LogP contribution >= 0.6 is 0 Å². The molecule has 0 saturated carbocycles. The Bertz CT molecular complexity index is 120. The third-order valence-electron chi connectivity index (χ3n) is 1.21. The van der Waals surface area contributed by atoms with E-state index >= 15 is 0 Å². The summed E-state index contributed by atoms with van der Waals surface area (Å²) in [6.07, 6.45) is -0.118. The van der Waals surface area contributed by atoms with Gasteiger partial charge in [-0.25, -0.2) is 0 Å². The van der Waals surface area contributed by atoms with Crippen LogP contribution in [0.5, 0.6) is 0 Å². The van der Waals surface area contributed by atoms with E-state index in [2.05, 4.69) is 12.1 Å². The van der Waals surface area contributed by atoms with E-state index in [9.17, 15) is 0 Å². The molecule has 4 nitrogen and oxygen atoms in total. The van der Waals surface area contributed by atoms with Gasteiger partial charge >= 0.3 is 0 Å². The summed E-state index contributed by atoms with van der Waals surface area (Å²) in [6, 6.07) is 0. The molecule has 1 heterocycles. The monoisotopic (exact) mass is 145 g/mol. The van der Waals surface area contributed by atoms with Gasteiger partial charge in [0.2, 0.25) is 0 Å². The predicted molar refractivity (Wildman–Crippen MR) is 35.0 cm³/mol. The van der Waals surface area contributed by atoms with Crippen LogP contribution in [0, 0.1) is 0 Å². The Kier molecular flexibility index (Phi) is 2.68. The number of ether oxygens (including phenoxy) is 2. The number of hydrogen-bond donors (Lipinski definition) is 1. The molecule has 1 fully saturated rings. The molecule has 1 saturated heterocycles. The van der Waals surface area contributed by atoms with Crippen molar-refractivity contribution in [1.29, 1.82) is 0 Å². The second kappa shape index (κ2) is 3.55. The van der Waals surface area contributed by atoms with Crippen LogP contribution in [-0.4, -0.2) is 26.6 Å². The highest BCUT2D eigenvalue weighted by Crippen LogP contribution is 2.10. The van der Waals surface area contributed by atoms with Gasteiger partial charge in [0.25, 0.3) is 0 Å². The molecule has 0 aromatic carbocycles. The Morgan fingerprint density at radius 2 is 2.60 bits per heavy atom. The van der Waals surface area contributed by atoms with Crippen LogP contribution in [-0.2, 0) is 14.3 Å². The Labute approximate surface area is 59.7 Å². The van der Waals surface area contributed by atoms with E-state index in [-0.39, 0.29) is 6.10 Å². The van der Waals surface area contributed by atoms with Gasteiger partial charge in [-0.15, -0.1) is 0 Å². The normalized spacial score (nSPS) is 24.7. The SMILES string of the molecule is C=C(ONC)C1COCO1. The molecule has 1 atom stereocenters. The first-order valence-corrected chi connectivity index (χ1v) is 3.06. The van der Waals surface area contributed by atoms with Crippen LogP contribution in [0.3, 0.4) is 0 Å². The van der Waals surface area contributed by atoms with Crippen molar-refractivity contribution in [3.63, 3.8) is 0 Å². The second-order valence-electron chi connectivity index (χ2n) is 1.92. The number of nitrogens with one attached hydrogen (secondary N) is 1. The molecule has 1 unspecified atom stereocenters. The topological polar surface area (TPSA) is 39.7 Å². The minimum absolute atomic E-state index is 0.118. The number of rotatable bonds is 3. The van der Waals surface area contributed by atoms with Gasteiger partial charge in [0, 0.05) is 7.05 Å². The Morgan fingerprint density at radius 1 is 1.80 bits per heavy atom. The molecule has 0 aliphatic carbocycles. The van der Waals surface area contributed by atoms with Crippen LogP contribution in [0.2, 0.25) is 0 Å². The van der Waals surface area contributed by atoms with Gasteiger partial charge in [0.15, 0.2) is 0 Å². The summed E-state index contributed by atoms with van der Waals surface area (Å²) in [4.78, 5) is 4.88. The van der Waals surface area contributed by atoms with Crippen LogP contribution in [0.25, 0.3) is 0 Å². The zero-order chi connectivity index (χ0) is 7.40. The third-order valence-corrected chi connectivity index (χ3v) is 1.21. The van der Waals surface area contributed by atoms with Gasteiger partial charge in [-0.3, -0.25) is 0 Å². The van der Waals surface area contributed by atoms with Gasteiger partial charge < -0.3 is 14.3 Å². The standard InChI is InChI=1S/C6H11NO3/c1-5(10-7-2)6-3-8-4-9-6/h6-7H,1,3-4H2,2H3. The van der Waals surface area contributed by atoms with Crippen molar-refractivity contribution < 1.29 is 14.3 Å². The van der Waals surface area contributed by atoms with E-state index in [1.807, 2.05) is 0 Å². The van der Waals surface area contributed by atoms with Crippen molar-refractivity contribution in [3.8, 4) is 0 Å². The van der Waals surface area contributed by atoms with Crippen molar-refractivity contribution in [2.75, 3.05) is 20.4 Å². The molecular weight excluding hydrogens is 134 g/mol. The van der Waals surface area contributed by atoms with E-state index in [0.717, 1.165) is 0 Å². The first-order chi connectivity index (χ1) is 4.84. The predicted octanol–water partition coefficient (Wildman–Crippen LogP) is 0.0240. The van der Waals surface area contributed by atoms with Gasteiger partial charge in [0.05, 0.1) is 6.61 Å². The first-order valence-electron chi connectivity index (χ1n) is 3.06. The van der Waals surface area contributed by atoms with Crippen LogP contribution < -0.4 is 5.48 Å². The summed E-state index contributed by atoms with van der Waals surface area (Å²) >= 11 is 0. The van der Waals surface area contributed by atoms with Crippen molar-refractivity contribution in [1.82, 2.24) is 5.48 Å². The van der Waals surface area contributed by atoms with E-state index in [1.165, 1.54) is 0 Å². The largest absolute Gasteiger partial charge is 0.411 e. The Morgan fingerprint density at radius 3 is 3.10 bits per heavy atom. The zero-order valence-corrected chi connectivity index (χ0v) is 5.92. The lowest BCUT2D eigenvalue weighted by atomic mass is 10.3. The minimum atomic E-state index is -0.118. The number of hydrogen-bond acceptors (Lipinski definition) is 4. The minimum Gasteiger partial charge on any atom is -0.411 e. The number of hydroxylamine groups is 1. The molecule has 1 rings (SSSR count). The molecule has 0 aromatic rings. The lowest BCUT2D eigenvalue weighted by Crippen LogP contribution is -2.19. The molecule has 0 aromatic heterocycles. The summed E-state index contributed by atoms with van der Waals surface area (Å²) in [5, 5.41) is 0. The van der Waals surface area contributed by atoms with Crippen LogP contribution in [0.4, 0.5) is 0 Å². The van der Waals surface area contributed by atoms with Crippen LogP contribution in [0.15, 0.2) is 12.3 Å². The second-order valence-corrected chi connectivity index (χ2v) is 1.92. The molecule has 1 aliphatic heterocycles. The van der Waals surface area contributed by atoms with E-state index in [4.69, 9.17) is 14.3 Å². The fourth-order valence-corrected chi connectivity index (χ4v) is 0.716. The van der Waals surface area contributed by atoms with Crippen molar-refractivity contribution in [3.05, 3.63) is 12.3 Å². The smallest absolute Gasteiger partial charge is 0.148 e. The van der Waals surface area contributed by atoms with Crippen molar-refractivity contribution in [2.24, 2.45) is 0 Å². The van der Waals surface area contributed by atoms with Crippen molar-refractivity contribution in [2.45, 2.75) is 6.10 Å². The quantitative estimate of drug-likeness (QED) is 0.449. The Hall–Kier alpha value is -0.580. The van der Waals surface area contributed by atoms with E-state index < -0.39 is 0 Å². The third kappa shape index (κ3) is 1.70. The lowest BCUT2D eigenvalue weighted by Gasteiger charge is -2.10. The average Bonchev–Trinajstić information content (AvgIpc) is 2.38. The highest BCUT2D eigenvalue weighted by molar-refractivity contribution is 4.93. The molecule has 0 spiro atoms. The maximum atomic E-state index is 5.08. The molecule has 0 amide bonds. The highest BCUT2D eigenvalue weighted by Gasteiger charge is 2.20. The van der Waals surface area contributed by atoms with Gasteiger partial charge in [-0.05, 0) is 0 Å². The van der Waals surface area contributed by atoms with Crippen molar-refractivity contribution >= 4 is 0 Å².